The van der Waals surface area contributed by atoms with Crippen molar-refractivity contribution in [2.24, 2.45) is 5.92 Å². The SMILES string of the molecule is CC(C)(C)NCC1CCCOC1c1ncc(I)s1. The van der Waals surface area contributed by atoms with E-state index in [4.69, 9.17) is 4.74 Å². The van der Waals surface area contributed by atoms with Crippen molar-refractivity contribution in [2.75, 3.05) is 13.2 Å². The Balaban J connectivity index is 2.02. The number of ether oxygens (including phenoxy) is 1. The van der Waals surface area contributed by atoms with Gasteiger partial charge in [-0.05, 0) is 56.2 Å². The fourth-order valence-electron chi connectivity index (χ4n) is 2.16. The average Bonchev–Trinajstić information content (AvgIpc) is 2.72. The van der Waals surface area contributed by atoms with Gasteiger partial charge in [0.25, 0.3) is 0 Å². The molecule has 2 heterocycles. The number of halogens is 1. The first-order chi connectivity index (χ1) is 8.46. The van der Waals surface area contributed by atoms with E-state index < -0.39 is 0 Å². The Hall–Kier alpha value is 0.280. The highest BCUT2D eigenvalue weighted by Crippen LogP contribution is 2.35. The third-order valence-electron chi connectivity index (χ3n) is 3.08. The summed E-state index contributed by atoms with van der Waals surface area (Å²) in [6.45, 7) is 8.49. The molecular weight excluding hydrogens is 359 g/mol. The van der Waals surface area contributed by atoms with Crippen LogP contribution in [0.1, 0.15) is 44.7 Å². The van der Waals surface area contributed by atoms with Gasteiger partial charge in [0.05, 0.1) is 9.08 Å². The van der Waals surface area contributed by atoms with E-state index >= 15 is 0 Å². The Kier molecular flexibility index (Phi) is 5.02. The molecule has 1 aliphatic rings. The van der Waals surface area contributed by atoms with Crippen molar-refractivity contribution in [3.05, 3.63) is 14.1 Å². The van der Waals surface area contributed by atoms with Crippen molar-refractivity contribution in [3.63, 3.8) is 0 Å². The zero-order chi connectivity index (χ0) is 13.2. The number of nitrogens with zero attached hydrogens (tertiary/aromatic N) is 1. The van der Waals surface area contributed by atoms with Gasteiger partial charge in [-0.1, -0.05) is 0 Å². The van der Waals surface area contributed by atoms with E-state index in [9.17, 15) is 0 Å². The maximum absolute atomic E-state index is 5.96. The fourth-order valence-corrected chi connectivity index (χ4v) is 3.76. The normalized spacial score (nSPS) is 25.3. The Morgan fingerprint density at radius 2 is 2.33 bits per heavy atom. The lowest BCUT2D eigenvalue weighted by Crippen LogP contribution is -2.41. The monoisotopic (exact) mass is 380 g/mol. The molecule has 3 nitrogen and oxygen atoms in total. The minimum absolute atomic E-state index is 0.166. The minimum Gasteiger partial charge on any atom is -0.371 e. The van der Waals surface area contributed by atoms with Crippen LogP contribution >= 0.6 is 33.9 Å². The number of aromatic nitrogens is 1. The molecule has 5 heteroatoms. The predicted octanol–water partition coefficient (Wildman–Crippen LogP) is 3.60. The molecule has 1 aromatic rings. The molecule has 0 aromatic carbocycles. The summed E-state index contributed by atoms with van der Waals surface area (Å²) in [5.74, 6) is 0.542. The first kappa shape index (κ1) is 14.7. The molecule has 0 aliphatic carbocycles. The van der Waals surface area contributed by atoms with Gasteiger partial charge in [-0.15, -0.1) is 11.3 Å². The second kappa shape index (κ2) is 6.15. The number of hydrogen-bond donors (Lipinski definition) is 1. The van der Waals surface area contributed by atoms with Gasteiger partial charge in [-0.25, -0.2) is 4.98 Å². The summed E-state index contributed by atoms with van der Waals surface area (Å²) in [5.41, 5.74) is 0.166. The molecule has 0 amide bonds. The van der Waals surface area contributed by atoms with E-state index in [1.807, 2.05) is 6.20 Å². The van der Waals surface area contributed by atoms with E-state index in [0.717, 1.165) is 24.6 Å². The number of nitrogens with one attached hydrogen (secondary N) is 1. The van der Waals surface area contributed by atoms with Crippen molar-refractivity contribution in [2.45, 2.75) is 45.3 Å². The third-order valence-corrected chi connectivity index (χ3v) is 4.86. The van der Waals surface area contributed by atoms with E-state index in [-0.39, 0.29) is 11.6 Å². The molecule has 1 N–H and O–H groups in total. The summed E-state index contributed by atoms with van der Waals surface area (Å²) in [5, 5.41) is 4.73. The van der Waals surface area contributed by atoms with Crippen LogP contribution in [0.25, 0.3) is 0 Å². The Bertz CT molecular complexity index is 389. The lowest BCUT2D eigenvalue weighted by atomic mass is 9.93. The van der Waals surface area contributed by atoms with Gasteiger partial charge >= 0.3 is 0 Å². The predicted molar refractivity (Wildman–Crippen MR) is 84.0 cm³/mol. The molecule has 18 heavy (non-hydrogen) atoms. The van der Waals surface area contributed by atoms with Crippen LogP contribution in [-0.2, 0) is 4.74 Å². The second-order valence-corrected chi connectivity index (χ2v) is 8.78. The Labute approximate surface area is 127 Å². The van der Waals surface area contributed by atoms with E-state index in [1.54, 1.807) is 11.3 Å². The maximum atomic E-state index is 5.96. The molecule has 0 spiro atoms. The van der Waals surface area contributed by atoms with E-state index in [0.29, 0.717) is 5.92 Å². The first-order valence-corrected chi connectivity index (χ1v) is 8.33. The molecule has 1 fully saturated rings. The molecule has 2 unspecified atom stereocenters. The molecule has 0 radical (unpaired) electrons. The van der Waals surface area contributed by atoms with Crippen LogP contribution in [0.2, 0.25) is 0 Å². The average molecular weight is 380 g/mol. The zero-order valence-corrected chi connectivity index (χ0v) is 14.2. The van der Waals surface area contributed by atoms with E-state index in [2.05, 4.69) is 53.7 Å². The summed E-state index contributed by atoms with van der Waals surface area (Å²) in [6, 6.07) is 0. The Morgan fingerprint density at radius 1 is 1.56 bits per heavy atom. The molecular formula is C13H21IN2OS. The van der Waals surface area contributed by atoms with Crippen LogP contribution in [0.3, 0.4) is 0 Å². The number of hydrogen-bond acceptors (Lipinski definition) is 4. The fraction of sp³-hybridized carbons (Fsp3) is 0.769. The van der Waals surface area contributed by atoms with E-state index in [1.165, 1.54) is 9.30 Å². The molecule has 2 rings (SSSR count). The van der Waals surface area contributed by atoms with Crippen molar-refractivity contribution in [1.29, 1.82) is 0 Å². The molecule has 102 valence electrons. The number of rotatable bonds is 3. The number of thiazole rings is 1. The highest BCUT2D eigenvalue weighted by Gasteiger charge is 2.30. The molecule has 1 saturated heterocycles. The van der Waals surface area contributed by atoms with Gasteiger partial charge in [0.1, 0.15) is 11.1 Å². The van der Waals surface area contributed by atoms with Gasteiger partial charge in [-0.3, -0.25) is 0 Å². The smallest absolute Gasteiger partial charge is 0.123 e. The first-order valence-electron chi connectivity index (χ1n) is 6.43. The summed E-state index contributed by atoms with van der Waals surface area (Å²) in [7, 11) is 0. The second-order valence-electron chi connectivity index (χ2n) is 5.83. The van der Waals surface area contributed by atoms with Crippen LogP contribution in [0.5, 0.6) is 0 Å². The lowest BCUT2D eigenvalue weighted by Gasteiger charge is -2.33. The van der Waals surface area contributed by atoms with Gasteiger partial charge < -0.3 is 10.1 Å². The quantitative estimate of drug-likeness (QED) is 0.814. The van der Waals surface area contributed by atoms with Crippen LogP contribution in [-0.4, -0.2) is 23.7 Å². The van der Waals surface area contributed by atoms with Crippen LogP contribution < -0.4 is 5.32 Å². The zero-order valence-electron chi connectivity index (χ0n) is 11.2. The minimum atomic E-state index is 0.166. The summed E-state index contributed by atoms with van der Waals surface area (Å²) >= 11 is 4.08. The van der Waals surface area contributed by atoms with Gasteiger partial charge in [0, 0.05) is 24.6 Å². The molecule has 1 aliphatic heterocycles. The van der Waals surface area contributed by atoms with Gasteiger partial charge in [0.15, 0.2) is 0 Å². The van der Waals surface area contributed by atoms with Crippen molar-refractivity contribution in [3.8, 4) is 0 Å². The Morgan fingerprint density at radius 3 is 2.94 bits per heavy atom. The molecule has 1 aromatic heterocycles. The van der Waals surface area contributed by atoms with Gasteiger partial charge in [-0.2, -0.15) is 0 Å². The summed E-state index contributed by atoms with van der Waals surface area (Å²) in [4.78, 5) is 4.49. The van der Waals surface area contributed by atoms with Crippen LogP contribution in [0.15, 0.2) is 6.20 Å². The van der Waals surface area contributed by atoms with Crippen molar-refractivity contribution < 1.29 is 4.74 Å². The van der Waals surface area contributed by atoms with Crippen molar-refractivity contribution in [1.82, 2.24) is 10.3 Å². The topological polar surface area (TPSA) is 34.1 Å². The van der Waals surface area contributed by atoms with Crippen LogP contribution in [0.4, 0.5) is 0 Å². The summed E-state index contributed by atoms with van der Waals surface area (Å²) in [6.07, 6.45) is 4.51. The van der Waals surface area contributed by atoms with Gasteiger partial charge in [0.2, 0.25) is 0 Å². The third kappa shape index (κ3) is 4.15. The van der Waals surface area contributed by atoms with Crippen molar-refractivity contribution >= 4 is 33.9 Å². The van der Waals surface area contributed by atoms with Crippen LogP contribution in [0, 0.1) is 8.80 Å². The highest BCUT2D eigenvalue weighted by atomic mass is 127. The lowest BCUT2D eigenvalue weighted by molar-refractivity contribution is -0.0293. The molecule has 2 atom stereocenters. The molecule has 0 saturated carbocycles. The molecule has 0 bridgehead atoms. The highest BCUT2D eigenvalue weighted by molar-refractivity contribution is 14.1. The largest absolute Gasteiger partial charge is 0.371 e. The summed E-state index contributed by atoms with van der Waals surface area (Å²) < 4.78 is 7.20. The standard InChI is InChI=1S/C13H21IN2OS/c1-13(2,3)16-7-9-5-4-6-17-11(9)12-15-8-10(14)18-12/h8-9,11,16H,4-7H2,1-3H3. The maximum Gasteiger partial charge on any atom is 0.123 e.